The maximum atomic E-state index is 12.4. The number of hydrogen-bond donors (Lipinski definition) is 0. The molecule has 22 heavy (non-hydrogen) atoms. The number of ether oxygens (including phenoxy) is 3. The standard InChI is InChI=1S/C14H16F3NO4/c1-18(13(19)12-9-20-6-7-21-12)8-10-4-2-3-5-11(10)22-14(15,16)17/h2-5,12H,6-9H2,1H3. The van der Waals surface area contributed by atoms with Gasteiger partial charge in [-0.15, -0.1) is 13.2 Å². The van der Waals surface area contributed by atoms with Gasteiger partial charge in [-0.05, 0) is 6.07 Å². The van der Waals surface area contributed by atoms with E-state index in [2.05, 4.69) is 4.74 Å². The fourth-order valence-corrected chi connectivity index (χ4v) is 2.07. The van der Waals surface area contributed by atoms with Gasteiger partial charge in [0.15, 0.2) is 6.10 Å². The summed E-state index contributed by atoms with van der Waals surface area (Å²) in [5, 5.41) is 0. The molecule has 1 fully saturated rings. The summed E-state index contributed by atoms with van der Waals surface area (Å²) in [6, 6.07) is 5.70. The van der Waals surface area contributed by atoms with Crippen molar-refractivity contribution in [1.29, 1.82) is 0 Å². The zero-order valence-corrected chi connectivity index (χ0v) is 11.9. The minimum atomic E-state index is -4.78. The topological polar surface area (TPSA) is 48.0 Å². The van der Waals surface area contributed by atoms with Crippen LogP contribution >= 0.6 is 0 Å². The summed E-state index contributed by atoms with van der Waals surface area (Å²) in [5.74, 6) is -0.669. The Hall–Kier alpha value is -1.80. The van der Waals surface area contributed by atoms with Crippen LogP contribution in [0, 0.1) is 0 Å². The molecule has 0 bridgehead atoms. The van der Waals surface area contributed by atoms with Crippen LogP contribution in [0.1, 0.15) is 5.56 Å². The van der Waals surface area contributed by atoms with Gasteiger partial charge in [-0.25, -0.2) is 0 Å². The Morgan fingerprint density at radius 2 is 2.09 bits per heavy atom. The summed E-state index contributed by atoms with van der Waals surface area (Å²) >= 11 is 0. The van der Waals surface area contributed by atoms with Gasteiger partial charge < -0.3 is 19.1 Å². The maximum absolute atomic E-state index is 12.4. The van der Waals surface area contributed by atoms with E-state index in [0.717, 1.165) is 0 Å². The molecule has 0 spiro atoms. The third-order valence-electron chi connectivity index (χ3n) is 3.07. The van der Waals surface area contributed by atoms with Crippen LogP contribution in [-0.4, -0.2) is 50.1 Å². The number of likely N-dealkylation sites (N-methyl/N-ethyl adjacent to an activating group) is 1. The van der Waals surface area contributed by atoms with Crippen molar-refractivity contribution in [1.82, 2.24) is 4.90 Å². The van der Waals surface area contributed by atoms with Crippen molar-refractivity contribution < 1.29 is 32.2 Å². The lowest BCUT2D eigenvalue weighted by atomic mass is 10.2. The molecule has 1 aliphatic heterocycles. The van der Waals surface area contributed by atoms with E-state index in [9.17, 15) is 18.0 Å². The molecule has 2 rings (SSSR count). The molecule has 122 valence electrons. The van der Waals surface area contributed by atoms with Crippen LogP contribution < -0.4 is 4.74 Å². The van der Waals surface area contributed by atoms with Crippen molar-refractivity contribution in [3.63, 3.8) is 0 Å². The fourth-order valence-electron chi connectivity index (χ4n) is 2.07. The number of carbonyl (C=O) groups excluding carboxylic acids is 1. The quantitative estimate of drug-likeness (QED) is 0.851. The van der Waals surface area contributed by atoms with Crippen LogP contribution in [0.5, 0.6) is 5.75 Å². The van der Waals surface area contributed by atoms with Crippen LogP contribution in [0.15, 0.2) is 24.3 Å². The fraction of sp³-hybridized carbons (Fsp3) is 0.500. The van der Waals surface area contributed by atoms with E-state index in [-0.39, 0.29) is 30.4 Å². The number of alkyl halides is 3. The monoisotopic (exact) mass is 319 g/mol. The number of para-hydroxylation sites is 1. The van der Waals surface area contributed by atoms with E-state index in [1.807, 2.05) is 0 Å². The second-order valence-corrected chi connectivity index (χ2v) is 4.78. The molecule has 1 unspecified atom stereocenters. The smallest absolute Gasteiger partial charge is 0.405 e. The lowest BCUT2D eigenvalue weighted by molar-refractivity contribution is -0.275. The summed E-state index contributed by atoms with van der Waals surface area (Å²) < 4.78 is 51.5. The average molecular weight is 319 g/mol. The Balaban J connectivity index is 2.04. The van der Waals surface area contributed by atoms with Gasteiger partial charge >= 0.3 is 6.36 Å². The third-order valence-corrected chi connectivity index (χ3v) is 3.07. The zero-order chi connectivity index (χ0) is 16.2. The van der Waals surface area contributed by atoms with Crippen LogP contribution in [0.4, 0.5) is 13.2 Å². The molecule has 8 heteroatoms. The molecular formula is C14H16F3NO4. The van der Waals surface area contributed by atoms with E-state index in [4.69, 9.17) is 9.47 Å². The van der Waals surface area contributed by atoms with Gasteiger partial charge in [-0.3, -0.25) is 4.79 Å². The van der Waals surface area contributed by atoms with Crippen molar-refractivity contribution in [3.05, 3.63) is 29.8 Å². The SMILES string of the molecule is CN(Cc1ccccc1OC(F)(F)F)C(=O)C1COCCO1. The summed E-state index contributed by atoms with van der Waals surface area (Å²) in [7, 11) is 1.49. The number of benzene rings is 1. The van der Waals surface area contributed by atoms with Gasteiger partial charge in [0.05, 0.1) is 19.8 Å². The van der Waals surface area contributed by atoms with Gasteiger partial charge in [-0.2, -0.15) is 0 Å². The predicted molar refractivity (Wildman–Crippen MR) is 70.2 cm³/mol. The molecule has 1 saturated heterocycles. The van der Waals surface area contributed by atoms with Crippen LogP contribution in [-0.2, 0) is 20.8 Å². The molecule has 0 saturated carbocycles. The summed E-state index contributed by atoms with van der Waals surface area (Å²) in [5.41, 5.74) is 0.257. The van der Waals surface area contributed by atoms with Crippen LogP contribution in [0.2, 0.25) is 0 Å². The molecule has 0 aliphatic carbocycles. The van der Waals surface area contributed by atoms with Crippen molar-refractivity contribution in [2.75, 3.05) is 26.9 Å². The first-order valence-electron chi connectivity index (χ1n) is 6.65. The molecule has 1 aromatic rings. The van der Waals surface area contributed by atoms with Gasteiger partial charge in [0.25, 0.3) is 5.91 Å². The molecule has 0 aromatic heterocycles. The van der Waals surface area contributed by atoms with E-state index in [1.165, 1.54) is 30.1 Å². The lowest BCUT2D eigenvalue weighted by Gasteiger charge is -2.27. The molecule has 1 aromatic carbocycles. The molecule has 1 heterocycles. The van der Waals surface area contributed by atoms with E-state index >= 15 is 0 Å². The second kappa shape index (κ2) is 6.97. The average Bonchev–Trinajstić information content (AvgIpc) is 2.48. The van der Waals surface area contributed by atoms with Crippen LogP contribution in [0.3, 0.4) is 0 Å². The predicted octanol–water partition coefficient (Wildman–Crippen LogP) is 1.96. The van der Waals surface area contributed by atoms with Crippen LogP contribution in [0.25, 0.3) is 0 Å². The van der Waals surface area contributed by atoms with Gasteiger partial charge in [-0.1, -0.05) is 18.2 Å². The first-order valence-corrected chi connectivity index (χ1v) is 6.65. The Kier molecular flexibility index (Phi) is 5.25. The Morgan fingerprint density at radius 1 is 1.36 bits per heavy atom. The lowest BCUT2D eigenvalue weighted by Crippen LogP contribution is -2.43. The number of nitrogens with zero attached hydrogens (tertiary/aromatic N) is 1. The minimum Gasteiger partial charge on any atom is -0.405 e. The Morgan fingerprint density at radius 3 is 2.73 bits per heavy atom. The van der Waals surface area contributed by atoms with Gasteiger partial charge in [0.1, 0.15) is 5.75 Å². The highest BCUT2D eigenvalue weighted by Crippen LogP contribution is 2.27. The largest absolute Gasteiger partial charge is 0.573 e. The molecule has 0 N–H and O–H groups in total. The first kappa shape index (κ1) is 16.6. The van der Waals surface area contributed by atoms with Crippen molar-refractivity contribution in [2.24, 2.45) is 0 Å². The summed E-state index contributed by atoms with van der Waals surface area (Å²) in [6.07, 6.45) is -5.51. The molecule has 1 aliphatic rings. The molecule has 5 nitrogen and oxygen atoms in total. The first-order chi connectivity index (χ1) is 10.4. The van der Waals surface area contributed by atoms with Gasteiger partial charge in [0, 0.05) is 19.2 Å². The van der Waals surface area contributed by atoms with Crippen molar-refractivity contribution >= 4 is 5.91 Å². The highest BCUT2D eigenvalue weighted by molar-refractivity contribution is 5.81. The highest BCUT2D eigenvalue weighted by Gasteiger charge is 2.32. The molecular weight excluding hydrogens is 303 g/mol. The summed E-state index contributed by atoms with van der Waals surface area (Å²) in [4.78, 5) is 13.4. The zero-order valence-electron chi connectivity index (χ0n) is 11.9. The second-order valence-electron chi connectivity index (χ2n) is 4.78. The number of amides is 1. The van der Waals surface area contributed by atoms with E-state index in [0.29, 0.717) is 13.2 Å². The molecule has 1 amide bonds. The third kappa shape index (κ3) is 4.60. The number of rotatable bonds is 4. The Labute approximate surface area is 125 Å². The van der Waals surface area contributed by atoms with Gasteiger partial charge in [0.2, 0.25) is 0 Å². The maximum Gasteiger partial charge on any atom is 0.573 e. The molecule has 0 radical (unpaired) electrons. The number of hydrogen-bond acceptors (Lipinski definition) is 4. The minimum absolute atomic E-state index is 0.0229. The normalized spacial score (nSPS) is 18.8. The van der Waals surface area contributed by atoms with Crippen molar-refractivity contribution in [2.45, 2.75) is 19.0 Å². The number of carbonyl (C=O) groups is 1. The van der Waals surface area contributed by atoms with E-state index < -0.39 is 12.5 Å². The number of halogens is 3. The van der Waals surface area contributed by atoms with E-state index in [1.54, 1.807) is 6.07 Å². The van der Waals surface area contributed by atoms with Crippen molar-refractivity contribution in [3.8, 4) is 5.75 Å². The highest BCUT2D eigenvalue weighted by atomic mass is 19.4. The Bertz CT molecular complexity index is 515. The molecule has 1 atom stereocenters. The summed E-state index contributed by atoms with van der Waals surface area (Å²) in [6.45, 7) is 0.864.